The van der Waals surface area contributed by atoms with Gasteiger partial charge in [-0.1, -0.05) is 80.6 Å². The fraction of sp³-hybridized carbons (Fsp3) is 0.237. The Bertz CT molecular complexity index is 1950. The van der Waals surface area contributed by atoms with Gasteiger partial charge in [-0.25, -0.2) is 0 Å². The summed E-state index contributed by atoms with van der Waals surface area (Å²) >= 11 is 0. The van der Waals surface area contributed by atoms with Crippen molar-refractivity contribution in [1.29, 1.82) is 0 Å². The van der Waals surface area contributed by atoms with Crippen LogP contribution in [0.3, 0.4) is 0 Å². The van der Waals surface area contributed by atoms with Gasteiger partial charge in [0, 0.05) is 40.2 Å². The second-order valence-electron chi connectivity index (χ2n) is 12.8. The highest BCUT2D eigenvalue weighted by atomic mass is 16.6. The molecule has 0 aliphatic carbocycles. The molecule has 3 aliphatic rings. The maximum absolute atomic E-state index is 15.1. The number of hydrogen-bond donors (Lipinski definition) is 1. The van der Waals surface area contributed by atoms with E-state index in [2.05, 4.69) is 19.2 Å². The summed E-state index contributed by atoms with van der Waals surface area (Å²) < 4.78 is 0. The minimum absolute atomic E-state index is 0.141. The number of fused-ring (bicyclic) bond motifs is 6. The number of hydrogen-bond acceptors (Lipinski definition) is 6. The quantitative estimate of drug-likeness (QED) is 0.136. The lowest BCUT2D eigenvalue weighted by molar-refractivity contribution is -0.384. The molecule has 3 heterocycles. The van der Waals surface area contributed by atoms with Crippen LogP contribution in [-0.4, -0.2) is 34.5 Å². The molecule has 1 saturated heterocycles. The molecule has 0 unspecified atom stereocenters. The second-order valence-corrected chi connectivity index (χ2v) is 12.8. The number of para-hydroxylation sites is 2. The van der Waals surface area contributed by atoms with Crippen LogP contribution in [0.4, 0.5) is 17.1 Å². The summed E-state index contributed by atoms with van der Waals surface area (Å²) in [6.07, 6.45) is 2.87. The minimum Gasteiger partial charge on any atom is -0.352 e. The number of nitro benzene ring substituents is 1. The van der Waals surface area contributed by atoms with E-state index in [1.54, 1.807) is 12.1 Å². The number of non-ortho nitro benzene ring substituents is 1. The number of carbonyl (C=O) groups excluding carboxylic acids is 3. The highest BCUT2D eigenvalue weighted by Gasteiger charge is 2.70. The lowest BCUT2D eigenvalue weighted by atomic mass is 9.64. The Hall–Kier alpha value is -5.37. The fourth-order valence-corrected chi connectivity index (χ4v) is 7.76. The summed E-state index contributed by atoms with van der Waals surface area (Å²) in [6.45, 7) is 6.25. The van der Waals surface area contributed by atoms with E-state index in [1.807, 2.05) is 78.6 Å². The van der Waals surface area contributed by atoms with Crippen LogP contribution < -0.4 is 10.2 Å². The van der Waals surface area contributed by atoms with E-state index < -0.39 is 28.3 Å². The van der Waals surface area contributed by atoms with Gasteiger partial charge in [0.2, 0.25) is 5.91 Å². The van der Waals surface area contributed by atoms with Crippen LogP contribution in [0.1, 0.15) is 58.2 Å². The van der Waals surface area contributed by atoms with Crippen LogP contribution >= 0.6 is 0 Å². The van der Waals surface area contributed by atoms with Gasteiger partial charge < -0.3 is 10.2 Å². The molecular weight excluding hydrogens is 578 g/mol. The standard InChI is InChI=1S/C38H33N3O5/c1-22(2)20-24-12-14-25(15-13-24)35(42)33-34(36(43)26-16-18-27(19-17-26)41(45)46)40-31-11-7-4-8-28(31)23(3)21-32(40)38(33)29-9-5-6-10-30(29)39-37(38)44/h4-19,21-22,32-34H,20H2,1-3H3,(H,39,44)/t32-,33+,34-,38+/m0/s1. The van der Waals surface area contributed by atoms with Crippen LogP contribution in [-0.2, 0) is 16.6 Å². The van der Waals surface area contributed by atoms with Gasteiger partial charge in [-0.2, -0.15) is 0 Å². The van der Waals surface area contributed by atoms with Crippen molar-refractivity contribution in [3.63, 3.8) is 0 Å². The number of anilines is 2. The number of nitrogens with one attached hydrogen (secondary N) is 1. The number of benzene rings is 4. The smallest absolute Gasteiger partial charge is 0.269 e. The van der Waals surface area contributed by atoms with Crippen molar-refractivity contribution >= 4 is 40.1 Å². The van der Waals surface area contributed by atoms with Crippen molar-refractivity contribution in [2.24, 2.45) is 11.8 Å². The number of nitrogens with zero attached hydrogens (tertiary/aromatic N) is 2. The SMILES string of the molecule is CC1=C[C@@H]2N(c3ccccc31)[C@H](C(=O)c1ccc([N+](=O)[O-])cc1)[C@H](C(=O)c1ccc(CC(C)C)cc1)[C@]21C(=O)Nc2ccccc21. The molecule has 4 atom stereocenters. The molecule has 4 aromatic carbocycles. The number of nitro groups is 1. The average molecular weight is 612 g/mol. The molecular formula is C38H33N3O5. The van der Waals surface area contributed by atoms with Crippen LogP contribution in [0.2, 0.25) is 0 Å². The summed E-state index contributed by atoms with van der Waals surface area (Å²) in [5, 5.41) is 14.5. The molecule has 4 aromatic rings. The van der Waals surface area contributed by atoms with E-state index in [0.717, 1.165) is 28.8 Å². The van der Waals surface area contributed by atoms with Gasteiger partial charge in [0.1, 0.15) is 11.5 Å². The van der Waals surface area contributed by atoms with E-state index in [-0.39, 0.29) is 28.7 Å². The molecule has 46 heavy (non-hydrogen) atoms. The van der Waals surface area contributed by atoms with Crippen molar-refractivity contribution in [2.45, 2.75) is 44.7 Å². The van der Waals surface area contributed by atoms with Gasteiger partial charge in [-0.05, 0) is 60.2 Å². The molecule has 0 saturated carbocycles. The third kappa shape index (κ3) is 4.31. The van der Waals surface area contributed by atoms with Crippen molar-refractivity contribution in [3.05, 3.63) is 141 Å². The molecule has 1 N–H and O–H groups in total. The zero-order valence-corrected chi connectivity index (χ0v) is 25.8. The molecule has 8 nitrogen and oxygen atoms in total. The lowest BCUT2D eigenvalue weighted by Gasteiger charge is -2.39. The monoisotopic (exact) mass is 611 g/mol. The molecule has 8 heteroatoms. The van der Waals surface area contributed by atoms with Crippen molar-refractivity contribution in [1.82, 2.24) is 0 Å². The zero-order valence-electron chi connectivity index (χ0n) is 25.8. The Morgan fingerprint density at radius 3 is 2.22 bits per heavy atom. The predicted molar refractivity (Wildman–Crippen MR) is 177 cm³/mol. The molecule has 3 aliphatic heterocycles. The van der Waals surface area contributed by atoms with Gasteiger partial charge >= 0.3 is 0 Å². The van der Waals surface area contributed by atoms with E-state index in [1.165, 1.54) is 24.3 Å². The third-order valence-electron chi connectivity index (χ3n) is 9.68. The summed E-state index contributed by atoms with van der Waals surface area (Å²) in [5.74, 6) is -1.70. The minimum atomic E-state index is -1.43. The maximum atomic E-state index is 15.1. The Morgan fingerprint density at radius 1 is 0.891 bits per heavy atom. The zero-order chi connectivity index (χ0) is 32.3. The van der Waals surface area contributed by atoms with Crippen molar-refractivity contribution in [2.75, 3.05) is 10.2 Å². The average Bonchev–Trinajstić information content (AvgIpc) is 3.52. The van der Waals surface area contributed by atoms with E-state index in [9.17, 15) is 19.7 Å². The normalized spacial score (nSPS) is 22.6. The highest BCUT2D eigenvalue weighted by Crippen LogP contribution is 2.58. The van der Waals surface area contributed by atoms with Gasteiger partial charge in [0.25, 0.3) is 5.69 Å². The lowest BCUT2D eigenvalue weighted by Crippen LogP contribution is -2.51. The second kappa shape index (κ2) is 10.9. The molecule has 7 rings (SSSR count). The summed E-state index contributed by atoms with van der Waals surface area (Å²) in [6, 6.07) is 26.3. The third-order valence-corrected chi connectivity index (χ3v) is 9.68. The number of amides is 1. The van der Waals surface area contributed by atoms with Crippen LogP contribution in [0.25, 0.3) is 5.57 Å². The first-order chi connectivity index (χ1) is 22.1. The summed E-state index contributed by atoms with van der Waals surface area (Å²) in [4.78, 5) is 57.3. The van der Waals surface area contributed by atoms with Gasteiger partial charge in [0.05, 0.1) is 16.9 Å². The van der Waals surface area contributed by atoms with Gasteiger partial charge in [-0.15, -0.1) is 0 Å². The van der Waals surface area contributed by atoms with Crippen LogP contribution in [0.5, 0.6) is 0 Å². The van der Waals surface area contributed by atoms with Gasteiger partial charge in [0.15, 0.2) is 11.6 Å². The molecule has 1 fully saturated rings. The van der Waals surface area contributed by atoms with Gasteiger partial charge in [-0.3, -0.25) is 24.5 Å². The number of ketones is 2. The Morgan fingerprint density at radius 2 is 1.52 bits per heavy atom. The van der Waals surface area contributed by atoms with Crippen LogP contribution in [0, 0.1) is 22.0 Å². The first-order valence-corrected chi connectivity index (χ1v) is 15.5. The van der Waals surface area contributed by atoms with Crippen molar-refractivity contribution < 1.29 is 19.3 Å². The molecule has 230 valence electrons. The van der Waals surface area contributed by atoms with Crippen molar-refractivity contribution in [3.8, 4) is 0 Å². The molecule has 0 aromatic heterocycles. The molecule has 0 radical (unpaired) electrons. The fourth-order valence-electron chi connectivity index (χ4n) is 7.76. The Balaban J connectivity index is 1.48. The number of carbonyl (C=O) groups is 3. The maximum Gasteiger partial charge on any atom is 0.269 e. The van der Waals surface area contributed by atoms with E-state index in [4.69, 9.17) is 0 Å². The molecule has 1 spiro atoms. The first-order valence-electron chi connectivity index (χ1n) is 15.5. The van der Waals surface area contributed by atoms with Crippen LogP contribution in [0.15, 0.2) is 103 Å². The largest absolute Gasteiger partial charge is 0.352 e. The topological polar surface area (TPSA) is 110 Å². The first kappa shape index (κ1) is 29.3. The predicted octanol–water partition coefficient (Wildman–Crippen LogP) is 7.04. The summed E-state index contributed by atoms with van der Waals surface area (Å²) in [7, 11) is 0. The number of Topliss-reactive ketones (excluding diaryl/α,β-unsaturated/α-hetero) is 2. The number of rotatable bonds is 7. The molecule has 1 amide bonds. The Kier molecular flexibility index (Phi) is 6.96. The Labute approximate surface area is 266 Å². The molecule has 0 bridgehead atoms. The summed E-state index contributed by atoms with van der Waals surface area (Å²) in [5.41, 5.74) is 4.08. The van der Waals surface area contributed by atoms with E-state index >= 15 is 4.79 Å². The van der Waals surface area contributed by atoms with E-state index in [0.29, 0.717) is 22.7 Å². The number of allylic oxidation sites excluding steroid dienone is 1. The highest BCUT2D eigenvalue weighted by molar-refractivity contribution is 6.18.